The summed E-state index contributed by atoms with van der Waals surface area (Å²) in [5, 5.41) is 5.40. The Hall–Kier alpha value is -2.05. The Morgan fingerprint density at radius 3 is 2.44 bits per heavy atom. The third kappa shape index (κ3) is 4.96. The van der Waals surface area contributed by atoms with Gasteiger partial charge in [0.2, 0.25) is 11.8 Å². The Balaban J connectivity index is 2.20. The van der Waals surface area contributed by atoms with Crippen molar-refractivity contribution in [2.75, 3.05) is 0 Å². The van der Waals surface area contributed by atoms with E-state index >= 15 is 0 Å². The third-order valence-corrected chi connectivity index (χ3v) is 4.42. The second kappa shape index (κ2) is 7.06. The highest BCUT2D eigenvalue weighted by Crippen LogP contribution is 2.34. The summed E-state index contributed by atoms with van der Waals surface area (Å²) in [6.07, 6.45) is -3.69. The number of hydrogen-bond donors (Lipinski definition) is 2. The molecule has 0 radical (unpaired) electrons. The van der Waals surface area contributed by atoms with Gasteiger partial charge in [-0.15, -0.1) is 0 Å². The Morgan fingerprint density at radius 2 is 1.92 bits per heavy atom. The molecule has 2 atom stereocenters. The zero-order valence-electron chi connectivity index (χ0n) is 14.5. The van der Waals surface area contributed by atoms with E-state index in [2.05, 4.69) is 10.6 Å². The maximum atomic E-state index is 13.2. The molecule has 25 heavy (non-hydrogen) atoms. The average Bonchev–Trinajstić information content (AvgIpc) is 2.91. The van der Waals surface area contributed by atoms with Crippen molar-refractivity contribution in [3.8, 4) is 0 Å². The molecule has 1 heterocycles. The average molecular weight is 356 g/mol. The van der Waals surface area contributed by atoms with Gasteiger partial charge in [0.1, 0.15) is 6.04 Å². The van der Waals surface area contributed by atoms with Gasteiger partial charge >= 0.3 is 6.18 Å². The molecule has 1 aromatic carbocycles. The Kier molecular flexibility index (Phi) is 5.44. The highest BCUT2D eigenvalue weighted by molar-refractivity contribution is 5.90. The first-order chi connectivity index (χ1) is 11.5. The lowest BCUT2D eigenvalue weighted by Gasteiger charge is -2.33. The first-order valence-electron chi connectivity index (χ1n) is 8.23. The van der Waals surface area contributed by atoms with E-state index in [4.69, 9.17) is 0 Å². The van der Waals surface area contributed by atoms with Gasteiger partial charge in [0.25, 0.3) is 0 Å². The van der Waals surface area contributed by atoms with E-state index in [1.807, 2.05) is 20.8 Å². The van der Waals surface area contributed by atoms with Gasteiger partial charge in [-0.1, -0.05) is 39.0 Å². The molecule has 138 valence electrons. The molecule has 7 heteroatoms. The van der Waals surface area contributed by atoms with Crippen molar-refractivity contribution < 1.29 is 22.8 Å². The lowest BCUT2D eigenvalue weighted by molar-refractivity contribution is -0.138. The summed E-state index contributed by atoms with van der Waals surface area (Å²) in [6.45, 7) is 5.59. The predicted molar refractivity (Wildman–Crippen MR) is 87.7 cm³/mol. The van der Waals surface area contributed by atoms with Crippen molar-refractivity contribution in [3.05, 3.63) is 35.4 Å². The minimum absolute atomic E-state index is 0.0611. The van der Waals surface area contributed by atoms with Crippen LogP contribution in [-0.2, 0) is 22.2 Å². The number of hydrogen-bond acceptors (Lipinski definition) is 2. The van der Waals surface area contributed by atoms with Crippen molar-refractivity contribution in [1.82, 2.24) is 10.6 Å². The van der Waals surface area contributed by atoms with E-state index < -0.39 is 29.2 Å². The fourth-order valence-electron chi connectivity index (χ4n) is 2.85. The van der Waals surface area contributed by atoms with Crippen molar-refractivity contribution in [2.45, 2.75) is 58.3 Å². The molecule has 1 saturated heterocycles. The van der Waals surface area contributed by atoms with Crippen LogP contribution in [0.1, 0.15) is 44.7 Å². The van der Waals surface area contributed by atoms with E-state index in [-0.39, 0.29) is 30.2 Å². The number of alkyl halides is 3. The number of carbonyl (C=O) groups is 2. The van der Waals surface area contributed by atoms with E-state index in [0.29, 0.717) is 6.42 Å². The summed E-state index contributed by atoms with van der Waals surface area (Å²) in [5.74, 6) is -0.537. The summed E-state index contributed by atoms with van der Waals surface area (Å²) in [7, 11) is 0. The van der Waals surface area contributed by atoms with Crippen molar-refractivity contribution >= 4 is 11.8 Å². The Bertz CT molecular complexity index is 650. The van der Waals surface area contributed by atoms with Crippen molar-refractivity contribution in [1.29, 1.82) is 0 Å². The Morgan fingerprint density at radius 1 is 1.28 bits per heavy atom. The van der Waals surface area contributed by atoms with Crippen molar-refractivity contribution in [2.24, 2.45) is 5.41 Å². The lowest BCUT2D eigenvalue weighted by Crippen LogP contribution is -2.51. The van der Waals surface area contributed by atoms with Gasteiger partial charge in [-0.25, -0.2) is 0 Å². The topological polar surface area (TPSA) is 58.2 Å². The van der Waals surface area contributed by atoms with Gasteiger partial charge in [0.05, 0.1) is 5.56 Å². The van der Waals surface area contributed by atoms with Crippen LogP contribution in [0.5, 0.6) is 0 Å². The number of halogens is 3. The highest BCUT2D eigenvalue weighted by atomic mass is 19.4. The van der Waals surface area contributed by atoms with Crippen LogP contribution in [0.3, 0.4) is 0 Å². The fraction of sp³-hybridized carbons (Fsp3) is 0.556. The fourth-order valence-corrected chi connectivity index (χ4v) is 2.85. The number of nitrogens with one attached hydrogen (secondary N) is 2. The van der Waals surface area contributed by atoms with E-state index in [1.54, 1.807) is 6.07 Å². The van der Waals surface area contributed by atoms with Gasteiger partial charge in [-0.3, -0.25) is 9.59 Å². The van der Waals surface area contributed by atoms with Gasteiger partial charge in [-0.05, 0) is 29.9 Å². The molecule has 0 unspecified atom stereocenters. The highest BCUT2D eigenvalue weighted by Gasteiger charge is 2.36. The molecule has 1 aliphatic rings. The smallest absolute Gasteiger partial charge is 0.351 e. The second-order valence-electron chi connectivity index (χ2n) is 7.45. The number of amides is 2. The summed E-state index contributed by atoms with van der Waals surface area (Å²) in [5.41, 5.74) is -0.991. The molecule has 2 N–H and O–H groups in total. The predicted octanol–water partition coefficient (Wildman–Crippen LogP) is 3.06. The SMILES string of the molecule is CC(C)(C)[C@H](Cc1ccccc1C(F)(F)F)NC(=O)[C@@H]1CCC(=O)N1. The number of benzene rings is 1. The molecule has 4 nitrogen and oxygen atoms in total. The van der Waals surface area contributed by atoms with Gasteiger partial charge in [-0.2, -0.15) is 13.2 Å². The molecule has 1 fully saturated rings. The second-order valence-corrected chi connectivity index (χ2v) is 7.45. The summed E-state index contributed by atoms with van der Waals surface area (Å²) in [6, 6.07) is 4.28. The van der Waals surface area contributed by atoms with Crippen molar-refractivity contribution in [3.63, 3.8) is 0 Å². The molecule has 0 spiro atoms. The molecular formula is C18H23F3N2O2. The maximum absolute atomic E-state index is 13.2. The molecule has 0 bridgehead atoms. The largest absolute Gasteiger partial charge is 0.416 e. The number of carbonyl (C=O) groups excluding carboxylic acids is 2. The van der Waals surface area contributed by atoms with E-state index in [0.717, 1.165) is 6.07 Å². The molecule has 0 aliphatic carbocycles. The summed E-state index contributed by atoms with van der Waals surface area (Å²) >= 11 is 0. The monoisotopic (exact) mass is 356 g/mol. The zero-order chi connectivity index (χ0) is 18.8. The van der Waals surface area contributed by atoms with Crippen LogP contribution in [0.15, 0.2) is 24.3 Å². The van der Waals surface area contributed by atoms with Crippen LogP contribution in [0, 0.1) is 5.41 Å². The molecule has 0 aromatic heterocycles. The van der Waals surface area contributed by atoms with Gasteiger partial charge in [0.15, 0.2) is 0 Å². The first kappa shape index (κ1) is 19.3. The quantitative estimate of drug-likeness (QED) is 0.871. The Labute approximate surface area is 145 Å². The van der Waals surface area contributed by atoms with Crippen LogP contribution in [0.2, 0.25) is 0 Å². The van der Waals surface area contributed by atoms with Crippen LogP contribution < -0.4 is 10.6 Å². The molecule has 2 rings (SSSR count). The first-order valence-corrected chi connectivity index (χ1v) is 8.23. The standard InChI is InChI=1S/C18H23F3N2O2/c1-17(2,3)14(23-16(25)13-8-9-15(24)22-13)10-11-6-4-5-7-12(11)18(19,20)21/h4-7,13-14H,8-10H2,1-3H3,(H,22,24)(H,23,25)/t13-,14-/m0/s1. The number of rotatable bonds is 4. The summed E-state index contributed by atoms with van der Waals surface area (Å²) < 4.78 is 39.6. The van der Waals surface area contributed by atoms with Crippen LogP contribution in [-0.4, -0.2) is 23.9 Å². The zero-order valence-corrected chi connectivity index (χ0v) is 14.5. The molecule has 1 aliphatic heterocycles. The molecule has 0 saturated carbocycles. The lowest BCUT2D eigenvalue weighted by atomic mass is 9.82. The van der Waals surface area contributed by atoms with Gasteiger partial charge < -0.3 is 10.6 Å². The molecule has 2 amide bonds. The normalized spacial score (nSPS) is 19.4. The van der Waals surface area contributed by atoms with Crippen LogP contribution >= 0.6 is 0 Å². The molecule has 1 aromatic rings. The minimum Gasteiger partial charge on any atom is -0.351 e. The van der Waals surface area contributed by atoms with E-state index in [9.17, 15) is 22.8 Å². The van der Waals surface area contributed by atoms with Crippen LogP contribution in [0.25, 0.3) is 0 Å². The van der Waals surface area contributed by atoms with Crippen LogP contribution in [0.4, 0.5) is 13.2 Å². The maximum Gasteiger partial charge on any atom is 0.416 e. The summed E-state index contributed by atoms with van der Waals surface area (Å²) in [4.78, 5) is 23.6. The van der Waals surface area contributed by atoms with E-state index in [1.165, 1.54) is 12.1 Å². The van der Waals surface area contributed by atoms with Gasteiger partial charge in [0, 0.05) is 12.5 Å². The minimum atomic E-state index is -4.44. The molecular weight excluding hydrogens is 333 g/mol. The third-order valence-electron chi connectivity index (χ3n) is 4.42.